The maximum Gasteiger partial charge on any atom is 0.236 e. The van der Waals surface area contributed by atoms with Gasteiger partial charge in [-0.3, -0.25) is 9.69 Å². The number of halogens is 2. The normalized spacial score (nSPS) is 17.2. The summed E-state index contributed by atoms with van der Waals surface area (Å²) in [4.78, 5) is 18.4. The van der Waals surface area contributed by atoms with Crippen LogP contribution in [0, 0.1) is 12.8 Å². The number of nitrogens with zero attached hydrogens (tertiary/aromatic N) is 2. The van der Waals surface area contributed by atoms with E-state index in [9.17, 15) is 4.79 Å². The smallest absolute Gasteiger partial charge is 0.236 e. The number of aromatic nitrogens is 1. The van der Waals surface area contributed by atoms with Crippen molar-refractivity contribution in [2.45, 2.75) is 39.3 Å². The van der Waals surface area contributed by atoms with Gasteiger partial charge in [0.05, 0.1) is 16.7 Å². The molecular formula is C14H26Cl2N4OS. The zero-order valence-corrected chi connectivity index (χ0v) is 15.5. The average molecular weight is 369 g/mol. The molecule has 0 radical (unpaired) electrons. The number of carbonyl (C=O) groups excluding carboxylic acids is 1. The summed E-state index contributed by atoms with van der Waals surface area (Å²) in [5, 5.41) is 6.20. The van der Waals surface area contributed by atoms with Crippen molar-refractivity contribution in [2.24, 2.45) is 11.7 Å². The molecule has 1 aliphatic rings. The largest absolute Gasteiger partial charge is 0.354 e. The predicted octanol–water partition coefficient (Wildman–Crippen LogP) is 1.97. The van der Waals surface area contributed by atoms with Crippen LogP contribution < -0.4 is 11.1 Å². The summed E-state index contributed by atoms with van der Waals surface area (Å²) in [6.45, 7) is 7.62. The lowest BCUT2D eigenvalue weighted by atomic mass is 9.96. The molecule has 1 aromatic rings. The average Bonchev–Trinajstić information content (AvgIpc) is 2.83. The topological polar surface area (TPSA) is 71.2 Å². The molecule has 0 bridgehead atoms. The van der Waals surface area contributed by atoms with Gasteiger partial charge in [0.2, 0.25) is 5.91 Å². The zero-order chi connectivity index (χ0) is 14.5. The monoisotopic (exact) mass is 368 g/mol. The number of amides is 1. The van der Waals surface area contributed by atoms with E-state index in [0.29, 0.717) is 5.92 Å². The fourth-order valence-electron chi connectivity index (χ4n) is 2.46. The minimum Gasteiger partial charge on any atom is -0.354 e. The number of likely N-dealkylation sites (tertiary alicyclic amines) is 1. The number of nitrogens with two attached hydrogens (primary N) is 1. The van der Waals surface area contributed by atoms with Crippen LogP contribution in [0.15, 0.2) is 5.38 Å². The minimum atomic E-state index is -0.414. The summed E-state index contributed by atoms with van der Waals surface area (Å²) < 4.78 is 0. The molecule has 1 saturated heterocycles. The Morgan fingerprint density at radius 3 is 2.64 bits per heavy atom. The van der Waals surface area contributed by atoms with Crippen LogP contribution in [0.2, 0.25) is 0 Å². The van der Waals surface area contributed by atoms with E-state index >= 15 is 0 Å². The van der Waals surface area contributed by atoms with Gasteiger partial charge in [-0.2, -0.15) is 0 Å². The fourth-order valence-corrected chi connectivity index (χ4v) is 3.07. The van der Waals surface area contributed by atoms with E-state index in [1.807, 2.05) is 6.92 Å². The molecular weight excluding hydrogens is 343 g/mol. The Morgan fingerprint density at radius 2 is 2.14 bits per heavy atom. The van der Waals surface area contributed by atoms with E-state index in [1.54, 1.807) is 18.3 Å². The van der Waals surface area contributed by atoms with Crippen molar-refractivity contribution in [1.82, 2.24) is 15.2 Å². The maximum absolute atomic E-state index is 11.4. The first-order valence-corrected chi connectivity index (χ1v) is 8.09. The second-order valence-corrected chi connectivity index (χ2v) is 6.67. The van der Waals surface area contributed by atoms with Gasteiger partial charge in [0, 0.05) is 18.5 Å². The Kier molecular flexibility index (Phi) is 10.2. The van der Waals surface area contributed by atoms with Gasteiger partial charge < -0.3 is 11.1 Å². The Bertz CT molecular complexity index is 448. The zero-order valence-electron chi connectivity index (χ0n) is 13.1. The number of hydrogen-bond donors (Lipinski definition) is 2. The van der Waals surface area contributed by atoms with Crippen LogP contribution >= 0.6 is 36.2 Å². The first-order chi connectivity index (χ1) is 9.54. The summed E-state index contributed by atoms with van der Waals surface area (Å²) in [5.74, 6) is 0.525. The molecule has 0 unspecified atom stereocenters. The molecule has 1 aliphatic heterocycles. The van der Waals surface area contributed by atoms with Crippen molar-refractivity contribution in [3.05, 3.63) is 16.1 Å². The van der Waals surface area contributed by atoms with Crippen molar-refractivity contribution in [2.75, 3.05) is 19.6 Å². The molecule has 1 atom stereocenters. The highest BCUT2D eigenvalue weighted by Gasteiger charge is 2.20. The van der Waals surface area contributed by atoms with Gasteiger partial charge in [0.25, 0.3) is 0 Å². The van der Waals surface area contributed by atoms with E-state index in [2.05, 4.69) is 20.6 Å². The molecule has 1 aromatic heterocycles. The highest BCUT2D eigenvalue weighted by Crippen LogP contribution is 2.19. The SMILES string of the molecule is Cc1nc(CN2CCC(CNC(=O)[C@@H](C)N)CC2)cs1.Cl.Cl. The number of rotatable bonds is 5. The Morgan fingerprint density at radius 1 is 1.50 bits per heavy atom. The highest BCUT2D eigenvalue weighted by atomic mass is 35.5. The first kappa shape index (κ1) is 21.6. The molecule has 1 amide bonds. The van der Waals surface area contributed by atoms with Gasteiger partial charge in [-0.05, 0) is 45.7 Å². The number of nitrogens with one attached hydrogen (secondary N) is 1. The number of thiazole rings is 1. The van der Waals surface area contributed by atoms with Gasteiger partial charge >= 0.3 is 0 Å². The standard InChI is InChI=1S/C14H24N4OS.2ClH/c1-10(15)14(19)16-7-12-3-5-18(6-4-12)8-13-9-20-11(2)17-13;;/h9-10,12H,3-8,15H2,1-2H3,(H,16,19);2*1H/t10-;;/m1../s1. The molecule has 0 spiro atoms. The molecule has 0 saturated carbocycles. The van der Waals surface area contributed by atoms with Crippen molar-refractivity contribution < 1.29 is 4.79 Å². The van der Waals surface area contributed by atoms with Crippen LogP contribution in [0.4, 0.5) is 0 Å². The van der Waals surface area contributed by atoms with E-state index in [-0.39, 0.29) is 30.7 Å². The number of hydrogen-bond acceptors (Lipinski definition) is 5. The van der Waals surface area contributed by atoms with E-state index < -0.39 is 6.04 Å². The van der Waals surface area contributed by atoms with Crippen molar-refractivity contribution >= 4 is 42.1 Å². The Labute approximate surface area is 148 Å². The van der Waals surface area contributed by atoms with Crippen molar-refractivity contribution in [3.8, 4) is 0 Å². The molecule has 8 heteroatoms. The van der Waals surface area contributed by atoms with Gasteiger partial charge in [0.15, 0.2) is 0 Å². The summed E-state index contributed by atoms with van der Waals surface area (Å²) >= 11 is 1.71. The Hall–Kier alpha value is -0.400. The number of carbonyl (C=O) groups is 1. The van der Waals surface area contributed by atoms with Gasteiger partial charge in [-0.25, -0.2) is 4.98 Å². The summed E-state index contributed by atoms with van der Waals surface area (Å²) in [5.41, 5.74) is 6.71. The number of aryl methyl sites for hydroxylation is 1. The summed E-state index contributed by atoms with van der Waals surface area (Å²) in [6, 6.07) is -0.414. The van der Waals surface area contributed by atoms with E-state index in [0.717, 1.165) is 44.0 Å². The lowest BCUT2D eigenvalue weighted by molar-refractivity contribution is -0.122. The van der Waals surface area contributed by atoms with E-state index in [4.69, 9.17) is 5.73 Å². The first-order valence-electron chi connectivity index (χ1n) is 7.21. The fraction of sp³-hybridized carbons (Fsp3) is 0.714. The minimum absolute atomic E-state index is 0. The molecule has 2 heterocycles. The van der Waals surface area contributed by atoms with Crippen LogP contribution in [0.1, 0.15) is 30.5 Å². The van der Waals surface area contributed by atoms with Crippen LogP contribution in [0.25, 0.3) is 0 Å². The Balaban J connectivity index is 0.00000220. The summed E-state index contributed by atoms with van der Waals surface area (Å²) in [7, 11) is 0. The summed E-state index contributed by atoms with van der Waals surface area (Å²) in [6.07, 6.45) is 2.25. The maximum atomic E-state index is 11.4. The molecule has 0 aromatic carbocycles. The van der Waals surface area contributed by atoms with E-state index in [1.165, 1.54) is 5.69 Å². The molecule has 5 nitrogen and oxygen atoms in total. The molecule has 0 aliphatic carbocycles. The molecule has 1 fully saturated rings. The lowest BCUT2D eigenvalue weighted by Gasteiger charge is -2.31. The predicted molar refractivity (Wildman–Crippen MR) is 96.0 cm³/mol. The van der Waals surface area contributed by atoms with Crippen LogP contribution in [0.5, 0.6) is 0 Å². The van der Waals surface area contributed by atoms with Gasteiger partial charge in [-0.15, -0.1) is 36.2 Å². The molecule has 22 heavy (non-hydrogen) atoms. The molecule has 2 rings (SSSR count). The highest BCUT2D eigenvalue weighted by molar-refractivity contribution is 7.09. The van der Waals surface area contributed by atoms with Crippen molar-refractivity contribution in [1.29, 1.82) is 0 Å². The van der Waals surface area contributed by atoms with Gasteiger partial charge in [-0.1, -0.05) is 0 Å². The molecule has 3 N–H and O–H groups in total. The van der Waals surface area contributed by atoms with Gasteiger partial charge in [0.1, 0.15) is 0 Å². The van der Waals surface area contributed by atoms with Crippen LogP contribution in [-0.4, -0.2) is 41.5 Å². The number of piperidine rings is 1. The second-order valence-electron chi connectivity index (χ2n) is 5.61. The van der Waals surface area contributed by atoms with Crippen molar-refractivity contribution in [3.63, 3.8) is 0 Å². The quantitative estimate of drug-likeness (QED) is 0.833. The third-order valence-corrected chi connectivity index (χ3v) is 4.56. The lowest BCUT2D eigenvalue weighted by Crippen LogP contribution is -2.43. The second kappa shape index (κ2) is 10.4. The third kappa shape index (κ3) is 6.79. The van der Waals surface area contributed by atoms with Crippen LogP contribution in [-0.2, 0) is 11.3 Å². The third-order valence-electron chi connectivity index (χ3n) is 3.74. The molecule has 128 valence electrons. The van der Waals surface area contributed by atoms with Crippen LogP contribution in [0.3, 0.4) is 0 Å².